The van der Waals surface area contributed by atoms with Gasteiger partial charge in [0.1, 0.15) is 6.10 Å². The van der Waals surface area contributed by atoms with Crippen LogP contribution in [0.1, 0.15) is 17.0 Å². The zero-order valence-electron chi connectivity index (χ0n) is 12.1. The van der Waals surface area contributed by atoms with Gasteiger partial charge in [-0.1, -0.05) is 0 Å². The third-order valence-electron chi connectivity index (χ3n) is 3.73. The van der Waals surface area contributed by atoms with E-state index in [1.807, 2.05) is 18.7 Å². The quantitative estimate of drug-likeness (QED) is 0.835. The lowest BCUT2D eigenvalue weighted by atomic mass is 10.1. The third-order valence-corrected chi connectivity index (χ3v) is 3.73. The van der Waals surface area contributed by atoms with Crippen molar-refractivity contribution < 1.29 is 9.53 Å². The Morgan fingerprint density at radius 1 is 1.53 bits per heavy atom. The molecule has 1 aromatic heterocycles. The van der Waals surface area contributed by atoms with Crippen molar-refractivity contribution in [3.8, 4) is 0 Å². The van der Waals surface area contributed by atoms with E-state index < -0.39 is 0 Å². The van der Waals surface area contributed by atoms with Gasteiger partial charge < -0.3 is 10.1 Å². The molecule has 106 valence electrons. The Labute approximate surface area is 113 Å². The first-order valence-electron chi connectivity index (χ1n) is 6.57. The van der Waals surface area contributed by atoms with Crippen LogP contribution in [0.5, 0.6) is 0 Å². The van der Waals surface area contributed by atoms with Crippen LogP contribution in [0.15, 0.2) is 0 Å². The maximum Gasteiger partial charge on any atom is 0.250 e. The molecule has 0 aromatic carbocycles. The summed E-state index contributed by atoms with van der Waals surface area (Å²) in [5.41, 5.74) is 3.49. The summed E-state index contributed by atoms with van der Waals surface area (Å²) in [6, 6.07) is 0. The van der Waals surface area contributed by atoms with Crippen molar-refractivity contribution in [1.82, 2.24) is 20.0 Å². The van der Waals surface area contributed by atoms with Crippen LogP contribution in [0.3, 0.4) is 0 Å². The van der Waals surface area contributed by atoms with Crippen molar-refractivity contribution in [3.05, 3.63) is 17.0 Å². The molecule has 19 heavy (non-hydrogen) atoms. The molecule has 1 saturated heterocycles. The standard InChI is InChI=1S/C13H22N4O2/c1-9-11(10(2)16(4)15-9)7-17-5-6-19-12(8-17)13(18)14-3/h12H,5-8H2,1-4H3,(H,14,18)/t12-/m0/s1. The van der Waals surface area contributed by atoms with Crippen LogP contribution in [-0.4, -0.2) is 53.4 Å². The zero-order valence-corrected chi connectivity index (χ0v) is 12.1. The Bertz CT molecular complexity index is 469. The number of ether oxygens (including phenoxy) is 1. The highest BCUT2D eigenvalue weighted by atomic mass is 16.5. The molecule has 0 radical (unpaired) electrons. The number of carbonyl (C=O) groups is 1. The molecular formula is C13H22N4O2. The minimum atomic E-state index is -0.365. The number of rotatable bonds is 3. The second kappa shape index (κ2) is 5.71. The first kappa shape index (κ1) is 14.0. The fraction of sp³-hybridized carbons (Fsp3) is 0.692. The molecule has 1 aromatic rings. The van der Waals surface area contributed by atoms with Crippen molar-refractivity contribution in [3.63, 3.8) is 0 Å². The van der Waals surface area contributed by atoms with Gasteiger partial charge in [-0.15, -0.1) is 0 Å². The van der Waals surface area contributed by atoms with Gasteiger partial charge in [0.2, 0.25) is 5.91 Å². The maximum atomic E-state index is 11.6. The lowest BCUT2D eigenvalue weighted by Crippen LogP contribution is -2.48. The topological polar surface area (TPSA) is 59.4 Å². The van der Waals surface area contributed by atoms with E-state index in [0.29, 0.717) is 13.2 Å². The first-order valence-corrected chi connectivity index (χ1v) is 6.57. The SMILES string of the molecule is CNC(=O)[C@@H]1CN(Cc2c(C)nn(C)c2C)CCO1. The maximum absolute atomic E-state index is 11.6. The molecule has 2 rings (SSSR count). The summed E-state index contributed by atoms with van der Waals surface area (Å²) in [7, 11) is 3.60. The highest BCUT2D eigenvalue weighted by Crippen LogP contribution is 2.16. The third kappa shape index (κ3) is 2.96. The molecule has 1 aliphatic heterocycles. The highest BCUT2D eigenvalue weighted by Gasteiger charge is 2.26. The molecule has 0 unspecified atom stereocenters. The van der Waals surface area contributed by atoms with Crippen molar-refractivity contribution in [2.75, 3.05) is 26.7 Å². The lowest BCUT2D eigenvalue weighted by molar-refractivity contribution is -0.138. The Morgan fingerprint density at radius 2 is 2.26 bits per heavy atom. The average Bonchev–Trinajstić information content (AvgIpc) is 2.65. The smallest absolute Gasteiger partial charge is 0.250 e. The molecule has 1 N–H and O–H groups in total. The second-order valence-corrected chi connectivity index (χ2v) is 4.98. The second-order valence-electron chi connectivity index (χ2n) is 4.98. The van der Waals surface area contributed by atoms with E-state index in [0.717, 1.165) is 18.8 Å². The summed E-state index contributed by atoms with van der Waals surface area (Å²) in [6.45, 7) is 7.00. The Morgan fingerprint density at radius 3 is 2.84 bits per heavy atom. The van der Waals surface area contributed by atoms with Gasteiger partial charge in [-0.05, 0) is 13.8 Å². The van der Waals surface area contributed by atoms with Crippen LogP contribution in [0.2, 0.25) is 0 Å². The van der Waals surface area contributed by atoms with Crippen LogP contribution in [0.25, 0.3) is 0 Å². The summed E-state index contributed by atoms with van der Waals surface area (Å²) >= 11 is 0. The van der Waals surface area contributed by atoms with E-state index in [9.17, 15) is 4.79 Å². The number of carbonyl (C=O) groups excluding carboxylic acids is 1. The van der Waals surface area contributed by atoms with Crippen molar-refractivity contribution in [2.45, 2.75) is 26.5 Å². The zero-order chi connectivity index (χ0) is 14.0. The normalized spacial score (nSPS) is 20.5. The fourth-order valence-electron chi connectivity index (χ4n) is 2.44. The molecule has 6 heteroatoms. The minimum absolute atomic E-state index is 0.0515. The number of nitrogens with zero attached hydrogens (tertiary/aromatic N) is 3. The predicted molar refractivity (Wildman–Crippen MR) is 71.8 cm³/mol. The summed E-state index contributed by atoms with van der Waals surface area (Å²) in [4.78, 5) is 13.9. The molecule has 1 aliphatic rings. The monoisotopic (exact) mass is 266 g/mol. The average molecular weight is 266 g/mol. The summed E-state index contributed by atoms with van der Waals surface area (Å²) in [5, 5.41) is 7.06. The summed E-state index contributed by atoms with van der Waals surface area (Å²) in [6.07, 6.45) is -0.365. The summed E-state index contributed by atoms with van der Waals surface area (Å²) < 4.78 is 7.39. The van der Waals surface area contributed by atoms with Crippen molar-refractivity contribution in [1.29, 1.82) is 0 Å². The number of morpholine rings is 1. The highest BCUT2D eigenvalue weighted by molar-refractivity contribution is 5.80. The molecule has 0 aliphatic carbocycles. The van der Waals surface area contributed by atoms with Crippen LogP contribution in [-0.2, 0) is 23.1 Å². The molecule has 1 amide bonds. The Kier molecular flexibility index (Phi) is 4.21. The molecular weight excluding hydrogens is 244 g/mol. The molecule has 2 heterocycles. The van der Waals surface area contributed by atoms with E-state index in [1.165, 1.54) is 11.3 Å². The molecule has 0 saturated carbocycles. The number of hydrogen-bond donors (Lipinski definition) is 1. The van der Waals surface area contributed by atoms with Crippen LogP contribution >= 0.6 is 0 Å². The van der Waals surface area contributed by atoms with Gasteiger partial charge >= 0.3 is 0 Å². The Balaban J connectivity index is 2.04. The molecule has 6 nitrogen and oxygen atoms in total. The van der Waals surface area contributed by atoms with Gasteiger partial charge in [-0.25, -0.2) is 0 Å². The molecule has 1 atom stereocenters. The number of likely N-dealkylation sites (N-methyl/N-ethyl adjacent to an activating group) is 1. The van der Waals surface area contributed by atoms with Gasteiger partial charge in [0.05, 0.1) is 12.3 Å². The number of nitrogens with one attached hydrogen (secondary N) is 1. The van der Waals surface area contributed by atoms with Crippen LogP contribution in [0.4, 0.5) is 0 Å². The van der Waals surface area contributed by atoms with E-state index in [-0.39, 0.29) is 12.0 Å². The number of hydrogen-bond acceptors (Lipinski definition) is 4. The van der Waals surface area contributed by atoms with E-state index in [1.54, 1.807) is 7.05 Å². The largest absolute Gasteiger partial charge is 0.366 e. The van der Waals surface area contributed by atoms with Crippen molar-refractivity contribution in [2.24, 2.45) is 7.05 Å². The number of aryl methyl sites for hydroxylation is 2. The molecule has 1 fully saturated rings. The van der Waals surface area contributed by atoms with Gasteiger partial charge in [0.15, 0.2) is 0 Å². The van der Waals surface area contributed by atoms with Crippen molar-refractivity contribution >= 4 is 5.91 Å². The van der Waals surface area contributed by atoms with E-state index in [2.05, 4.69) is 22.2 Å². The Hall–Kier alpha value is -1.40. The van der Waals surface area contributed by atoms with Gasteiger partial charge in [0, 0.05) is 45.0 Å². The molecule has 0 spiro atoms. The van der Waals surface area contributed by atoms with E-state index >= 15 is 0 Å². The van der Waals surface area contributed by atoms with Gasteiger partial charge in [0.25, 0.3) is 0 Å². The summed E-state index contributed by atoms with van der Waals surface area (Å²) in [5.74, 6) is -0.0515. The predicted octanol–water partition coefficient (Wildman–Crippen LogP) is -0.0163. The van der Waals surface area contributed by atoms with E-state index in [4.69, 9.17) is 4.74 Å². The van der Waals surface area contributed by atoms with Crippen LogP contribution < -0.4 is 5.32 Å². The lowest BCUT2D eigenvalue weighted by Gasteiger charge is -2.31. The number of amides is 1. The fourth-order valence-corrected chi connectivity index (χ4v) is 2.44. The van der Waals surface area contributed by atoms with Gasteiger partial charge in [-0.3, -0.25) is 14.4 Å². The number of aromatic nitrogens is 2. The van der Waals surface area contributed by atoms with Crippen LogP contribution in [0, 0.1) is 13.8 Å². The minimum Gasteiger partial charge on any atom is -0.366 e. The van der Waals surface area contributed by atoms with Gasteiger partial charge in [-0.2, -0.15) is 5.10 Å². The first-order chi connectivity index (χ1) is 9.02. The molecule has 0 bridgehead atoms.